The van der Waals surface area contributed by atoms with Gasteiger partial charge in [0.25, 0.3) is 11.9 Å². The van der Waals surface area contributed by atoms with Gasteiger partial charge in [-0.15, -0.1) is 0 Å². The summed E-state index contributed by atoms with van der Waals surface area (Å²) in [5, 5.41) is 21.1. The molecule has 19 nitrogen and oxygen atoms in total. The number of piperidine rings is 2. The van der Waals surface area contributed by atoms with Gasteiger partial charge in [0.1, 0.15) is 45.9 Å². The van der Waals surface area contributed by atoms with Crippen molar-refractivity contribution in [3.8, 4) is 34.4 Å². The van der Waals surface area contributed by atoms with Crippen molar-refractivity contribution in [1.29, 1.82) is 0 Å². The average molecular weight is 1570 g/mol. The van der Waals surface area contributed by atoms with E-state index in [0.29, 0.717) is 80.2 Å². The molecule has 0 atom stereocenters. The van der Waals surface area contributed by atoms with E-state index in [-0.39, 0.29) is 70.6 Å². The number of hydrogen-bond acceptors (Lipinski definition) is 16. The summed E-state index contributed by atoms with van der Waals surface area (Å²) < 4.78 is 16.6. The second-order valence-corrected chi connectivity index (χ2v) is 21.2. The molecule has 499 valence electrons. The Labute approximate surface area is 581 Å². The Morgan fingerprint density at radius 3 is 1.09 bits per heavy atom. The van der Waals surface area contributed by atoms with Crippen LogP contribution in [0.4, 0.5) is 0 Å². The van der Waals surface area contributed by atoms with E-state index >= 15 is 0 Å². The number of carbonyl (C=O) groups is 7. The van der Waals surface area contributed by atoms with Crippen molar-refractivity contribution in [3.63, 3.8) is 0 Å². The van der Waals surface area contributed by atoms with Crippen LogP contribution in [-0.2, 0) is 42.8 Å². The minimum atomic E-state index is -0.833. The molecule has 0 unspecified atom stereocenters. The molecule has 0 aliphatic carbocycles. The molecule has 2 fully saturated rings. The number of carboxylic acid groups (broad SMARTS) is 2. The van der Waals surface area contributed by atoms with Crippen LogP contribution < -0.4 is 11.1 Å². The molecule has 7 aromatic rings. The molecule has 90 heavy (non-hydrogen) atoms. The van der Waals surface area contributed by atoms with Crippen LogP contribution in [0.3, 0.4) is 0 Å². The van der Waals surface area contributed by atoms with Gasteiger partial charge >= 0.3 is 0 Å². The number of aryl methyl sites for hydroxylation is 3. The van der Waals surface area contributed by atoms with Crippen LogP contribution >= 0.6 is 90.6 Å². The summed E-state index contributed by atoms with van der Waals surface area (Å²) in [6.45, 7) is 17.2. The van der Waals surface area contributed by atoms with Crippen molar-refractivity contribution in [3.05, 3.63) is 157 Å². The summed E-state index contributed by atoms with van der Waals surface area (Å²) in [4.78, 5) is 88.2. The number of rotatable bonds is 12. The SMILES string of the molecule is BrBr.C.C1CCNCC1.CC(=O)CC(C)=O.CC(=O)O.CC(=O)O.CC(=O)c1nc(-c2ccc(Cl)cc2)oc1C.Cc1oc(-c2ccc(Cl)cc2)nc1C(=O)CBr.Cc1oc(-c2ccc(Cl)cc2)nc1C(=O)CN1CCCCC1.NCc1ccc(Cl)cc1.O.[Cu]. The predicted molar refractivity (Wildman–Crippen MR) is 365 cm³/mol. The Hall–Kier alpha value is -5.24. The summed E-state index contributed by atoms with van der Waals surface area (Å²) in [7, 11) is 0. The number of halogens is 7. The third-order valence-corrected chi connectivity index (χ3v) is 12.8. The molecule has 5 heterocycles. The number of aromatic nitrogens is 3. The van der Waals surface area contributed by atoms with Crippen LogP contribution in [0.25, 0.3) is 34.4 Å². The second kappa shape index (κ2) is 50.3. The van der Waals surface area contributed by atoms with Crippen molar-refractivity contribution >= 4 is 131 Å². The smallest absolute Gasteiger partial charge is 0.300 e. The number of oxazole rings is 3. The normalized spacial score (nSPS) is 11.6. The number of nitrogens with one attached hydrogen (secondary N) is 1. The topological polar surface area (TPSA) is 311 Å². The molecule has 2 aliphatic heterocycles. The summed E-state index contributed by atoms with van der Waals surface area (Å²) in [6, 6.07) is 29.0. The van der Waals surface area contributed by atoms with Crippen molar-refractivity contribution < 1.29 is 79.6 Å². The molecular weight excluding hydrogens is 1490 g/mol. The predicted octanol–water partition coefficient (Wildman–Crippen LogP) is 16.2. The number of Topliss-reactive ketones (excluding diaryl/α,β-unsaturated/α-hetero) is 5. The number of benzene rings is 4. The first-order chi connectivity index (χ1) is 41.2. The molecule has 0 saturated carbocycles. The molecule has 9 rings (SSSR count). The molecule has 7 N–H and O–H groups in total. The molecule has 3 aromatic heterocycles. The third kappa shape index (κ3) is 37.9. The van der Waals surface area contributed by atoms with E-state index in [0.717, 1.165) is 54.2 Å². The van der Waals surface area contributed by atoms with E-state index in [9.17, 15) is 24.0 Å². The van der Waals surface area contributed by atoms with E-state index < -0.39 is 11.9 Å². The molecule has 27 heteroatoms. The maximum atomic E-state index is 12.4. The van der Waals surface area contributed by atoms with Crippen LogP contribution in [0.5, 0.6) is 0 Å². The van der Waals surface area contributed by atoms with Gasteiger partial charge in [-0.3, -0.25) is 38.5 Å². The molecule has 0 bridgehead atoms. The van der Waals surface area contributed by atoms with Gasteiger partial charge < -0.3 is 40.0 Å². The van der Waals surface area contributed by atoms with Crippen molar-refractivity contribution in [2.45, 2.75) is 114 Å². The van der Waals surface area contributed by atoms with Crippen molar-refractivity contribution in [2.24, 2.45) is 5.73 Å². The van der Waals surface area contributed by atoms with Crippen LogP contribution in [0.1, 0.15) is 141 Å². The molecule has 2 aliphatic rings. The Morgan fingerprint density at radius 1 is 0.533 bits per heavy atom. The fraction of sp³-hybridized carbons (Fsp3) is 0.365. The van der Waals surface area contributed by atoms with E-state index in [1.165, 1.54) is 72.4 Å². The zero-order valence-electron chi connectivity index (χ0n) is 50.4. The van der Waals surface area contributed by atoms with Gasteiger partial charge in [-0.2, -0.15) is 0 Å². The zero-order chi connectivity index (χ0) is 65.6. The van der Waals surface area contributed by atoms with E-state index in [2.05, 4.69) is 69.4 Å². The number of ketones is 5. The van der Waals surface area contributed by atoms with E-state index in [1.807, 2.05) is 36.4 Å². The Balaban J connectivity index is -0.00000101. The molecule has 2 saturated heterocycles. The second-order valence-electron chi connectivity index (χ2n) is 18.9. The number of hydrogen-bond donors (Lipinski definition) is 4. The molecular formula is C63H79Br3Cl4CuN6O13. The maximum absolute atomic E-state index is 12.4. The van der Waals surface area contributed by atoms with Gasteiger partial charge in [0.2, 0.25) is 17.7 Å². The first-order valence-corrected chi connectivity index (χ1v) is 33.3. The Bertz CT molecular complexity index is 3170. The van der Waals surface area contributed by atoms with E-state index in [1.54, 1.807) is 81.4 Å². The minimum Gasteiger partial charge on any atom is -0.481 e. The first kappa shape index (κ1) is 89.0. The van der Waals surface area contributed by atoms with Gasteiger partial charge in [-0.1, -0.05) is 94.7 Å². The fourth-order valence-electron chi connectivity index (χ4n) is 7.41. The molecule has 0 spiro atoms. The fourth-order valence-corrected chi connectivity index (χ4v) is 8.18. The summed E-state index contributed by atoms with van der Waals surface area (Å²) >= 11 is 31.7. The van der Waals surface area contributed by atoms with Gasteiger partial charge in [-0.25, -0.2) is 15.0 Å². The number of nitrogens with zero attached hydrogens (tertiary/aromatic N) is 4. The zero-order valence-corrected chi connectivity index (χ0v) is 59.2. The number of carbonyl (C=O) groups excluding carboxylic acids is 5. The Morgan fingerprint density at radius 2 is 0.833 bits per heavy atom. The molecule has 0 amide bonds. The van der Waals surface area contributed by atoms with Gasteiger partial charge in [-0.05, 0) is 177 Å². The molecule has 1 radical (unpaired) electrons. The van der Waals surface area contributed by atoms with Gasteiger partial charge in [0.05, 0.1) is 18.3 Å². The summed E-state index contributed by atoms with van der Waals surface area (Å²) in [5.74, 6) is 1.04. The van der Waals surface area contributed by atoms with Crippen LogP contribution in [0.2, 0.25) is 20.1 Å². The van der Waals surface area contributed by atoms with E-state index in [4.69, 9.17) is 85.2 Å². The largest absolute Gasteiger partial charge is 0.481 e. The minimum absolute atomic E-state index is 0. The van der Waals surface area contributed by atoms with Gasteiger partial charge in [0, 0.05) is 109 Å². The number of carboxylic acids is 2. The first-order valence-electron chi connectivity index (χ1n) is 27.0. The quantitative estimate of drug-likeness (QED) is 0.0382. The summed E-state index contributed by atoms with van der Waals surface area (Å²) in [6.07, 6.45) is 7.89. The number of alkyl halides is 1. The van der Waals surface area contributed by atoms with Gasteiger partial charge in [0.15, 0.2) is 17.3 Å². The molecule has 4 aromatic carbocycles. The average Bonchev–Trinajstić information content (AvgIpc) is 1.79. The number of nitrogens with two attached hydrogens (primary N) is 1. The van der Waals surface area contributed by atoms with Crippen molar-refractivity contribution in [2.75, 3.05) is 38.1 Å². The van der Waals surface area contributed by atoms with Crippen LogP contribution in [-0.4, -0.2) is 114 Å². The third-order valence-electron chi connectivity index (χ3n) is 11.3. The standard InChI is InChI=1S/C17H19ClN2O2.C12H9BrClNO2.C12H10ClNO2.C7H8ClN.C5H11N.C5H8O2.2C2H4O2.CH4.Br2.Cu.H2O/c1-12-16(15(21)11-20-9-3-2-4-10-20)19-17(22-12)13-5-7-14(18)8-6-13;1-7-11(10(16)6-13)15-12(17-7)8-2-4-9(14)5-3-8;1-7(15)11-8(2)16-12(14-11)9-3-5-10(13)6-4-9;8-7-3-1-6(5-9)2-4-7;1-2-4-6-5-3-1;1-4(6)3-5(2)7;2*1-2(3)4;;1-2;;/h5-8H,2-4,9-11H2,1H3;2-5H,6H2,1H3;3-6H,1-2H3;1-4H,5,9H2;6H,1-5H2;3H2,1-2H3;2*1H3,(H,3,4);1H4;;;1H2. The number of aliphatic carboxylic acids is 2. The summed E-state index contributed by atoms with van der Waals surface area (Å²) in [5.41, 5.74) is 10.1. The monoisotopic (exact) mass is 1570 g/mol. The van der Waals surface area contributed by atoms with Crippen molar-refractivity contribution in [1.82, 2.24) is 25.2 Å². The maximum Gasteiger partial charge on any atom is 0.300 e. The van der Waals surface area contributed by atoms with Crippen LogP contribution in [0, 0.1) is 20.8 Å². The Kier molecular flexibility index (Phi) is 49.8. The number of likely N-dealkylation sites (tertiary alicyclic amines) is 1. The van der Waals surface area contributed by atoms with Crippen LogP contribution in [0.15, 0.2) is 110 Å².